The molecule has 0 unspecified atom stereocenters. The smallest absolute Gasteiger partial charge is 0.152 e. The van der Waals surface area contributed by atoms with Crippen LogP contribution >= 0.6 is 23.2 Å². The second-order valence-electron chi connectivity index (χ2n) is 4.22. The summed E-state index contributed by atoms with van der Waals surface area (Å²) >= 11 is 11.7. The molecule has 0 aromatic heterocycles. The lowest BCUT2D eigenvalue weighted by Crippen LogP contribution is -2.00. The summed E-state index contributed by atoms with van der Waals surface area (Å²) in [7, 11) is 0. The number of rotatable bonds is 3. The maximum absolute atomic E-state index is 9.90. The number of hydrogen-bond acceptors (Lipinski definition) is 3. The van der Waals surface area contributed by atoms with E-state index in [2.05, 4.69) is 5.32 Å². The highest BCUT2D eigenvalue weighted by Gasteiger charge is 2.08. The van der Waals surface area contributed by atoms with Gasteiger partial charge in [-0.1, -0.05) is 41.4 Å². The van der Waals surface area contributed by atoms with E-state index < -0.39 is 0 Å². The maximum Gasteiger partial charge on any atom is 0.152 e. The van der Waals surface area contributed by atoms with Crippen molar-refractivity contribution in [2.75, 3.05) is 5.32 Å². The average Bonchev–Trinajstić information content (AvgIpc) is 2.37. The highest BCUT2D eigenvalue weighted by molar-refractivity contribution is 6.37. The fourth-order valence-electron chi connectivity index (χ4n) is 1.73. The number of para-hydroxylation sites is 1. The molecule has 0 aliphatic carbocycles. The third kappa shape index (κ3) is 3.06. The van der Waals surface area contributed by atoms with Crippen molar-refractivity contribution in [3.8, 4) is 11.5 Å². The van der Waals surface area contributed by atoms with Crippen LogP contribution in [-0.2, 0) is 6.54 Å². The van der Waals surface area contributed by atoms with Gasteiger partial charge in [-0.05, 0) is 24.6 Å². The van der Waals surface area contributed by atoms with E-state index in [-0.39, 0.29) is 21.5 Å². The number of anilines is 1. The Morgan fingerprint density at radius 2 is 1.68 bits per heavy atom. The number of aryl methyl sites for hydroxylation is 1. The van der Waals surface area contributed by atoms with Crippen LogP contribution in [0.25, 0.3) is 0 Å². The summed E-state index contributed by atoms with van der Waals surface area (Å²) in [6.07, 6.45) is 0. The Labute approximate surface area is 121 Å². The average molecular weight is 298 g/mol. The van der Waals surface area contributed by atoms with Gasteiger partial charge >= 0.3 is 0 Å². The number of hydrogen-bond donors (Lipinski definition) is 3. The zero-order valence-electron chi connectivity index (χ0n) is 10.2. The number of nitrogens with one attached hydrogen (secondary N) is 1. The molecule has 2 aromatic carbocycles. The highest BCUT2D eigenvalue weighted by Crippen LogP contribution is 2.35. The Hall–Kier alpha value is -1.58. The van der Waals surface area contributed by atoms with Crippen LogP contribution in [0.4, 0.5) is 5.69 Å². The summed E-state index contributed by atoms with van der Waals surface area (Å²) in [5.41, 5.74) is 2.27. The lowest BCUT2D eigenvalue weighted by molar-refractivity contribution is 0.465. The molecule has 3 nitrogen and oxygen atoms in total. The molecule has 19 heavy (non-hydrogen) atoms. The Bertz CT molecular complexity index is 591. The second kappa shape index (κ2) is 5.59. The van der Waals surface area contributed by atoms with Gasteiger partial charge in [0.05, 0.1) is 10.0 Å². The number of benzene rings is 2. The van der Waals surface area contributed by atoms with E-state index >= 15 is 0 Å². The van der Waals surface area contributed by atoms with E-state index in [1.807, 2.05) is 25.1 Å². The molecular weight excluding hydrogens is 285 g/mol. The molecule has 0 bridgehead atoms. The van der Waals surface area contributed by atoms with Crippen molar-refractivity contribution in [3.63, 3.8) is 0 Å². The molecule has 0 spiro atoms. The van der Waals surface area contributed by atoms with Gasteiger partial charge in [-0.15, -0.1) is 0 Å². The minimum absolute atomic E-state index is 0.132. The van der Waals surface area contributed by atoms with E-state index in [1.165, 1.54) is 0 Å². The summed E-state index contributed by atoms with van der Waals surface area (Å²) in [4.78, 5) is 0. The van der Waals surface area contributed by atoms with Crippen LogP contribution in [0.2, 0.25) is 10.0 Å². The molecule has 0 aliphatic heterocycles. The fourth-order valence-corrected chi connectivity index (χ4v) is 2.21. The van der Waals surface area contributed by atoms with Crippen molar-refractivity contribution in [1.82, 2.24) is 0 Å². The first-order valence-corrected chi connectivity index (χ1v) is 6.44. The second-order valence-corrected chi connectivity index (χ2v) is 5.04. The van der Waals surface area contributed by atoms with Gasteiger partial charge in [0, 0.05) is 17.8 Å². The molecule has 0 amide bonds. The largest absolute Gasteiger partial charge is 0.507 e. The first-order chi connectivity index (χ1) is 8.99. The summed E-state index contributed by atoms with van der Waals surface area (Å²) in [5, 5.41) is 22.8. The molecule has 0 atom stereocenters. The summed E-state index contributed by atoms with van der Waals surface area (Å²) in [5.74, 6) is 0.137. The minimum Gasteiger partial charge on any atom is -0.507 e. The summed E-state index contributed by atoms with van der Waals surface area (Å²) in [6.45, 7) is 2.28. The lowest BCUT2D eigenvalue weighted by Gasteiger charge is -2.11. The molecular formula is C14H13Cl2NO2. The van der Waals surface area contributed by atoms with Gasteiger partial charge in [-0.2, -0.15) is 0 Å². The number of phenols is 2. The zero-order chi connectivity index (χ0) is 14.0. The molecule has 0 saturated carbocycles. The molecule has 0 heterocycles. The van der Waals surface area contributed by atoms with E-state index in [1.54, 1.807) is 12.1 Å². The number of halogens is 2. The molecule has 0 aliphatic rings. The van der Waals surface area contributed by atoms with Gasteiger partial charge in [0.15, 0.2) is 5.75 Å². The van der Waals surface area contributed by atoms with Crippen LogP contribution in [0.3, 0.4) is 0 Å². The van der Waals surface area contributed by atoms with Crippen LogP contribution in [-0.4, -0.2) is 10.2 Å². The van der Waals surface area contributed by atoms with Gasteiger partial charge in [0.1, 0.15) is 5.75 Å². The standard InChI is InChI=1S/C14H13Cl2NO2/c1-8-3-2-4-9(13(8)18)7-17-10-5-11(15)14(19)12(16)6-10/h2-6,17-19H,7H2,1H3. The van der Waals surface area contributed by atoms with Gasteiger partial charge in [0.2, 0.25) is 0 Å². The molecule has 100 valence electrons. The topological polar surface area (TPSA) is 52.5 Å². The van der Waals surface area contributed by atoms with Crippen LogP contribution in [0.5, 0.6) is 11.5 Å². The van der Waals surface area contributed by atoms with Gasteiger partial charge in [-0.3, -0.25) is 0 Å². The molecule has 0 radical (unpaired) electrons. The van der Waals surface area contributed by atoms with E-state index in [9.17, 15) is 10.2 Å². The van der Waals surface area contributed by atoms with Crippen LogP contribution in [0, 0.1) is 6.92 Å². The predicted octanol–water partition coefficient (Wildman–Crippen LogP) is 4.33. The Kier molecular flexibility index (Phi) is 4.08. The van der Waals surface area contributed by atoms with Gasteiger partial charge in [0.25, 0.3) is 0 Å². The molecule has 2 rings (SSSR count). The van der Waals surface area contributed by atoms with E-state index in [0.717, 1.165) is 11.1 Å². The van der Waals surface area contributed by atoms with E-state index in [4.69, 9.17) is 23.2 Å². The third-order valence-electron chi connectivity index (χ3n) is 2.82. The van der Waals surface area contributed by atoms with Gasteiger partial charge < -0.3 is 15.5 Å². The van der Waals surface area contributed by atoms with Crippen molar-refractivity contribution < 1.29 is 10.2 Å². The number of aromatic hydroxyl groups is 2. The lowest BCUT2D eigenvalue weighted by atomic mass is 10.1. The van der Waals surface area contributed by atoms with Crippen molar-refractivity contribution in [2.24, 2.45) is 0 Å². The normalized spacial score (nSPS) is 10.5. The maximum atomic E-state index is 9.90. The first kappa shape index (κ1) is 13.8. The Morgan fingerprint density at radius 1 is 1.05 bits per heavy atom. The van der Waals surface area contributed by atoms with Crippen LogP contribution in [0.1, 0.15) is 11.1 Å². The summed E-state index contributed by atoms with van der Waals surface area (Å²) in [6, 6.07) is 8.71. The van der Waals surface area contributed by atoms with Crippen molar-refractivity contribution in [1.29, 1.82) is 0 Å². The quantitative estimate of drug-likeness (QED) is 0.739. The Morgan fingerprint density at radius 3 is 2.32 bits per heavy atom. The summed E-state index contributed by atoms with van der Waals surface area (Å²) < 4.78 is 0. The predicted molar refractivity (Wildman–Crippen MR) is 78.3 cm³/mol. The number of phenolic OH excluding ortho intramolecular Hbond substituents is 2. The zero-order valence-corrected chi connectivity index (χ0v) is 11.8. The molecule has 2 aromatic rings. The molecule has 5 heteroatoms. The molecule has 3 N–H and O–H groups in total. The van der Waals surface area contributed by atoms with E-state index in [0.29, 0.717) is 12.2 Å². The van der Waals surface area contributed by atoms with Crippen molar-refractivity contribution >= 4 is 28.9 Å². The monoisotopic (exact) mass is 297 g/mol. The van der Waals surface area contributed by atoms with Crippen LogP contribution in [0.15, 0.2) is 30.3 Å². The van der Waals surface area contributed by atoms with Crippen LogP contribution < -0.4 is 5.32 Å². The SMILES string of the molecule is Cc1cccc(CNc2cc(Cl)c(O)c(Cl)c2)c1O. The Balaban J connectivity index is 2.17. The first-order valence-electron chi connectivity index (χ1n) is 5.68. The minimum atomic E-state index is -0.132. The van der Waals surface area contributed by atoms with Crippen molar-refractivity contribution in [3.05, 3.63) is 51.5 Å². The van der Waals surface area contributed by atoms with Crippen molar-refractivity contribution in [2.45, 2.75) is 13.5 Å². The van der Waals surface area contributed by atoms with Gasteiger partial charge in [-0.25, -0.2) is 0 Å². The molecule has 0 saturated heterocycles. The fraction of sp³-hybridized carbons (Fsp3) is 0.143. The third-order valence-corrected chi connectivity index (χ3v) is 3.40. The molecule has 0 fully saturated rings. The highest BCUT2D eigenvalue weighted by atomic mass is 35.5.